The number of benzene rings is 3. The Kier molecular flexibility index (Phi) is 6.06. The standard InChI is InChI=1S/C23H24P.F6P/c1-19-16-17-24(21-11-4-2-5-12-21,22-13-6-3-7-14-22)18-20-10-8-9-15-23(19)20;1-7(2,3,4,5)6/h2-15,19H,16-18H2,1H3;/q+1;-1. The summed E-state index contributed by atoms with van der Waals surface area (Å²) < 4.78 is 59.2. The molecule has 0 aliphatic carbocycles. The fourth-order valence-electron chi connectivity index (χ4n) is 4.11. The zero-order valence-corrected chi connectivity index (χ0v) is 18.7. The van der Waals surface area contributed by atoms with Crippen molar-refractivity contribution in [3.05, 3.63) is 96.1 Å². The molecule has 8 heteroatoms. The van der Waals surface area contributed by atoms with Crippen molar-refractivity contribution < 1.29 is 25.2 Å². The summed E-state index contributed by atoms with van der Waals surface area (Å²) in [6.07, 6.45) is 3.77. The van der Waals surface area contributed by atoms with Gasteiger partial charge in [0.2, 0.25) is 0 Å². The van der Waals surface area contributed by atoms with E-state index in [-0.39, 0.29) is 0 Å². The predicted molar refractivity (Wildman–Crippen MR) is 121 cm³/mol. The maximum atomic E-state index is 9.87. The van der Waals surface area contributed by atoms with E-state index in [1.54, 1.807) is 21.7 Å². The van der Waals surface area contributed by atoms with Gasteiger partial charge in [-0.1, -0.05) is 67.6 Å². The van der Waals surface area contributed by atoms with Gasteiger partial charge in [0.15, 0.2) is 0 Å². The van der Waals surface area contributed by atoms with Crippen LogP contribution in [-0.4, -0.2) is 6.16 Å². The Bertz CT molecular complexity index is 968. The molecule has 0 saturated carbocycles. The summed E-state index contributed by atoms with van der Waals surface area (Å²) >= 11 is 0. The van der Waals surface area contributed by atoms with Crippen molar-refractivity contribution >= 4 is 25.7 Å². The molecular weight excluding hydrogens is 452 g/mol. The maximum absolute atomic E-state index is 10.7. The molecule has 1 unspecified atom stereocenters. The van der Waals surface area contributed by atoms with Crippen LogP contribution >= 0.6 is 15.1 Å². The number of hydrogen-bond acceptors (Lipinski definition) is 0. The van der Waals surface area contributed by atoms with E-state index in [2.05, 4.69) is 91.9 Å². The summed E-state index contributed by atoms with van der Waals surface area (Å²) in [5, 5.41) is 3.11. The summed E-state index contributed by atoms with van der Waals surface area (Å²) in [4.78, 5) is 0. The molecule has 0 spiro atoms. The average molecular weight is 476 g/mol. The van der Waals surface area contributed by atoms with E-state index < -0.39 is 15.1 Å². The van der Waals surface area contributed by atoms with Gasteiger partial charge in [-0.3, -0.25) is 0 Å². The Morgan fingerprint density at radius 1 is 0.677 bits per heavy atom. The normalized spacial score (nSPS) is 20.2. The summed E-state index contributed by atoms with van der Waals surface area (Å²) in [6.45, 7) is 2.40. The Balaban J connectivity index is 0.000000339. The Labute approximate surface area is 178 Å². The van der Waals surface area contributed by atoms with Gasteiger partial charge in [0.05, 0.1) is 30.2 Å². The topological polar surface area (TPSA) is 0 Å². The van der Waals surface area contributed by atoms with Crippen LogP contribution in [-0.2, 0) is 6.16 Å². The first-order valence-corrected chi connectivity index (χ1v) is 14.1. The number of halogens is 6. The van der Waals surface area contributed by atoms with Gasteiger partial charge in [0.25, 0.3) is 0 Å². The van der Waals surface area contributed by atoms with Crippen LogP contribution in [0.15, 0.2) is 84.9 Å². The molecule has 0 aromatic heterocycles. The second kappa shape index (κ2) is 7.90. The van der Waals surface area contributed by atoms with E-state index in [1.807, 2.05) is 0 Å². The second-order valence-electron chi connectivity index (χ2n) is 7.87. The van der Waals surface area contributed by atoms with Crippen molar-refractivity contribution in [3.8, 4) is 0 Å². The molecule has 3 aromatic carbocycles. The number of rotatable bonds is 2. The van der Waals surface area contributed by atoms with Crippen LogP contribution in [0.5, 0.6) is 0 Å². The molecule has 1 atom stereocenters. The van der Waals surface area contributed by atoms with Crippen molar-refractivity contribution in [2.75, 3.05) is 6.16 Å². The van der Waals surface area contributed by atoms with Gasteiger partial charge in [-0.05, 0) is 47.7 Å². The Morgan fingerprint density at radius 3 is 1.58 bits per heavy atom. The molecule has 0 saturated heterocycles. The van der Waals surface area contributed by atoms with Gasteiger partial charge in [-0.2, -0.15) is 0 Å². The van der Waals surface area contributed by atoms with Crippen molar-refractivity contribution in [2.24, 2.45) is 0 Å². The minimum absolute atomic E-state index is 0.649. The van der Waals surface area contributed by atoms with Gasteiger partial charge in [0, 0.05) is 0 Å². The molecule has 0 amide bonds. The molecule has 0 bridgehead atoms. The van der Waals surface area contributed by atoms with Gasteiger partial charge < -0.3 is 0 Å². The summed E-state index contributed by atoms with van der Waals surface area (Å²) in [5.74, 6) is 0.649. The molecular formula is C23H24F6P2. The first-order chi connectivity index (χ1) is 14.2. The first-order valence-electron chi connectivity index (χ1n) is 9.87. The molecule has 0 fully saturated rings. The molecule has 31 heavy (non-hydrogen) atoms. The van der Waals surface area contributed by atoms with E-state index in [9.17, 15) is 25.2 Å². The third-order valence-electron chi connectivity index (χ3n) is 5.47. The molecule has 168 valence electrons. The fraction of sp³-hybridized carbons (Fsp3) is 0.217. The Morgan fingerprint density at radius 2 is 1.10 bits per heavy atom. The number of hydrogen-bond donors (Lipinski definition) is 0. The molecule has 3 aromatic rings. The third-order valence-corrected chi connectivity index (χ3v) is 9.95. The van der Waals surface area contributed by atoms with Crippen molar-refractivity contribution in [2.45, 2.75) is 25.4 Å². The number of fused-ring (bicyclic) bond motifs is 1. The zero-order valence-electron chi connectivity index (χ0n) is 16.9. The van der Waals surface area contributed by atoms with E-state index >= 15 is 0 Å². The second-order valence-corrected chi connectivity index (χ2v) is 13.5. The first kappa shape index (κ1) is 23.8. The monoisotopic (exact) mass is 476 g/mol. The summed E-state index contributed by atoms with van der Waals surface area (Å²) in [5.41, 5.74) is 3.12. The van der Waals surface area contributed by atoms with Crippen molar-refractivity contribution in [1.82, 2.24) is 0 Å². The van der Waals surface area contributed by atoms with Gasteiger partial charge in [-0.25, -0.2) is 0 Å². The minimum atomic E-state index is -10.7. The summed E-state index contributed by atoms with van der Waals surface area (Å²) in [6, 6.07) is 31.7. The summed E-state index contributed by atoms with van der Waals surface area (Å²) in [7, 11) is -12.1. The third kappa shape index (κ3) is 7.05. The van der Waals surface area contributed by atoms with E-state index in [0.29, 0.717) is 5.92 Å². The quantitative estimate of drug-likeness (QED) is 0.256. The van der Waals surface area contributed by atoms with Crippen LogP contribution in [0.4, 0.5) is 25.2 Å². The predicted octanol–water partition coefficient (Wildman–Crippen LogP) is 8.74. The van der Waals surface area contributed by atoms with E-state index in [4.69, 9.17) is 0 Å². The van der Waals surface area contributed by atoms with Gasteiger partial charge >= 0.3 is 33.0 Å². The van der Waals surface area contributed by atoms with Crippen molar-refractivity contribution in [3.63, 3.8) is 0 Å². The van der Waals surface area contributed by atoms with Gasteiger partial charge in [-0.15, -0.1) is 0 Å². The van der Waals surface area contributed by atoms with Crippen LogP contribution < -0.4 is 10.6 Å². The molecule has 0 N–H and O–H groups in total. The van der Waals surface area contributed by atoms with E-state index in [0.717, 1.165) is 0 Å². The van der Waals surface area contributed by atoms with E-state index in [1.165, 1.54) is 18.7 Å². The molecule has 1 aliphatic heterocycles. The van der Waals surface area contributed by atoms with Crippen LogP contribution in [0.2, 0.25) is 0 Å². The molecule has 4 rings (SSSR count). The SMILES string of the molecule is CC1CC[P+](c2ccccc2)(c2ccccc2)Cc2ccccc21.F[P-](F)(F)(F)(F)F. The average Bonchev–Trinajstić information content (AvgIpc) is 2.85. The Hall–Kier alpha value is -1.90. The molecule has 1 aliphatic rings. The van der Waals surface area contributed by atoms with Crippen LogP contribution in [0.1, 0.15) is 30.4 Å². The van der Waals surface area contributed by atoms with Crippen LogP contribution in [0, 0.1) is 0 Å². The van der Waals surface area contributed by atoms with Crippen LogP contribution in [0.25, 0.3) is 0 Å². The zero-order chi connectivity index (χ0) is 22.8. The molecule has 0 nitrogen and oxygen atoms in total. The fourth-order valence-corrected chi connectivity index (χ4v) is 8.64. The molecule has 1 heterocycles. The van der Waals surface area contributed by atoms with Crippen molar-refractivity contribution in [1.29, 1.82) is 0 Å². The molecule has 0 radical (unpaired) electrons. The van der Waals surface area contributed by atoms with Crippen LogP contribution in [0.3, 0.4) is 0 Å². The van der Waals surface area contributed by atoms with Gasteiger partial charge in [0.1, 0.15) is 0 Å².